The quantitative estimate of drug-likeness (QED) is 0.779. The molecule has 0 bridgehead atoms. The van der Waals surface area contributed by atoms with Crippen LogP contribution in [0.5, 0.6) is 0 Å². The Labute approximate surface area is 116 Å². The molecular weight excluding hydrogens is 238 g/mol. The number of carbonyl (C=O) groups excluding carboxylic acids is 2. The van der Waals surface area contributed by atoms with Gasteiger partial charge in [0.15, 0.2) is 5.78 Å². The van der Waals surface area contributed by atoms with Gasteiger partial charge in [-0.25, -0.2) is 0 Å². The summed E-state index contributed by atoms with van der Waals surface area (Å²) < 4.78 is 0. The van der Waals surface area contributed by atoms with Gasteiger partial charge in [0.05, 0.1) is 12.0 Å². The number of nitrogens with one attached hydrogen (secondary N) is 1. The van der Waals surface area contributed by atoms with Gasteiger partial charge in [0.1, 0.15) is 0 Å². The van der Waals surface area contributed by atoms with Crippen molar-refractivity contribution in [2.24, 2.45) is 11.3 Å². The predicted molar refractivity (Wildman–Crippen MR) is 75.8 cm³/mol. The third-order valence-corrected chi connectivity index (χ3v) is 4.73. The fourth-order valence-electron chi connectivity index (χ4n) is 3.44. The molecule has 0 radical (unpaired) electrons. The molecular formula is C16H27NO2. The van der Waals surface area contributed by atoms with Crippen LogP contribution < -0.4 is 5.32 Å². The van der Waals surface area contributed by atoms with Crippen molar-refractivity contribution in [1.29, 1.82) is 0 Å². The lowest BCUT2D eigenvalue weighted by Crippen LogP contribution is -2.45. The fourth-order valence-corrected chi connectivity index (χ4v) is 3.44. The molecule has 2 rings (SSSR count). The Morgan fingerprint density at radius 2 is 1.95 bits per heavy atom. The second kappa shape index (κ2) is 5.26. The first kappa shape index (κ1) is 14.5. The van der Waals surface area contributed by atoms with Crippen LogP contribution in [0.2, 0.25) is 0 Å². The minimum absolute atomic E-state index is 0.0712. The van der Waals surface area contributed by atoms with Crippen LogP contribution >= 0.6 is 0 Å². The van der Waals surface area contributed by atoms with Gasteiger partial charge in [-0.3, -0.25) is 9.59 Å². The first-order chi connectivity index (χ1) is 8.81. The standard InChI is InChI=1S/C16H27NO2/c1-15(2,3)9-6-12-5-4-8-16(10-7-12)13(18)11-14(19)17-16/h12H,4-11H2,1-3H3,(H,17,19). The first-order valence-corrected chi connectivity index (χ1v) is 7.65. The van der Waals surface area contributed by atoms with Crippen LogP contribution in [0.25, 0.3) is 0 Å². The molecule has 0 aromatic heterocycles. The molecule has 2 fully saturated rings. The predicted octanol–water partition coefficient (Wildman–Crippen LogP) is 3.22. The molecule has 3 nitrogen and oxygen atoms in total. The van der Waals surface area contributed by atoms with E-state index >= 15 is 0 Å². The molecule has 1 spiro atoms. The fraction of sp³-hybridized carbons (Fsp3) is 0.875. The maximum absolute atomic E-state index is 12.1. The van der Waals surface area contributed by atoms with Gasteiger partial charge in [0.2, 0.25) is 5.91 Å². The SMILES string of the molecule is CC(C)(C)CCC1CCCC2(CC1)NC(=O)CC2=O. The molecule has 1 heterocycles. The highest BCUT2D eigenvalue weighted by Crippen LogP contribution is 2.37. The summed E-state index contributed by atoms with van der Waals surface area (Å²) in [6.07, 6.45) is 7.67. The van der Waals surface area contributed by atoms with Gasteiger partial charge in [-0.1, -0.05) is 33.6 Å². The molecule has 2 unspecified atom stereocenters. The largest absolute Gasteiger partial charge is 0.343 e. The van der Waals surface area contributed by atoms with Gasteiger partial charge < -0.3 is 5.32 Å². The van der Waals surface area contributed by atoms with Crippen molar-refractivity contribution in [2.75, 3.05) is 0 Å². The molecule has 1 aliphatic carbocycles. The van der Waals surface area contributed by atoms with Crippen LogP contribution in [0, 0.1) is 11.3 Å². The van der Waals surface area contributed by atoms with Crippen LogP contribution in [-0.4, -0.2) is 17.2 Å². The van der Waals surface area contributed by atoms with E-state index in [4.69, 9.17) is 0 Å². The molecule has 19 heavy (non-hydrogen) atoms. The number of ketones is 1. The molecule has 1 saturated carbocycles. The highest BCUT2D eigenvalue weighted by atomic mass is 16.2. The van der Waals surface area contributed by atoms with Crippen LogP contribution in [-0.2, 0) is 9.59 Å². The van der Waals surface area contributed by atoms with E-state index in [-0.39, 0.29) is 18.1 Å². The third-order valence-electron chi connectivity index (χ3n) is 4.73. The average molecular weight is 265 g/mol. The molecule has 1 saturated heterocycles. The van der Waals surface area contributed by atoms with Crippen molar-refractivity contribution in [3.8, 4) is 0 Å². The minimum Gasteiger partial charge on any atom is -0.343 e. The maximum Gasteiger partial charge on any atom is 0.228 e. The molecule has 1 aliphatic heterocycles. The van der Waals surface area contributed by atoms with E-state index in [0.717, 1.165) is 31.6 Å². The molecule has 2 atom stereocenters. The minimum atomic E-state index is -0.492. The van der Waals surface area contributed by atoms with E-state index in [1.165, 1.54) is 19.3 Å². The molecule has 0 aromatic carbocycles. The molecule has 3 heteroatoms. The van der Waals surface area contributed by atoms with Gasteiger partial charge in [-0.05, 0) is 43.4 Å². The molecule has 1 N–H and O–H groups in total. The number of rotatable bonds is 2. The normalized spacial score (nSPS) is 32.5. The van der Waals surface area contributed by atoms with Crippen molar-refractivity contribution in [2.45, 2.75) is 77.7 Å². The zero-order valence-electron chi connectivity index (χ0n) is 12.6. The maximum atomic E-state index is 12.1. The third kappa shape index (κ3) is 3.58. The number of hydrogen-bond acceptors (Lipinski definition) is 2. The van der Waals surface area contributed by atoms with Crippen LogP contribution in [0.1, 0.15) is 72.1 Å². The lowest BCUT2D eigenvalue weighted by molar-refractivity contribution is -0.123. The second-order valence-electron chi connectivity index (χ2n) is 7.63. The Balaban J connectivity index is 1.92. The Hall–Kier alpha value is -0.860. The lowest BCUT2D eigenvalue weighted by Gasteiger charge is -2.26. The number of amides is 1. The van der Waals surface area contributed by atoms with E-state index in [0.29, 0.717) is 5.41 Å². The van der Waals surface area contributed by atoms with E-state index < -0.39 is 5.54 Å². The summed E-state index contributed by atoms with van der Waals surface area (Å²) in [5.41, 5.74) is -0.102. The van der Waals surface area contributed by atoms with Crippen molar-refractivity contribution in [3.63, 3.8) is 0 Å². The number of Topliss-reactive ketones (excluding diaryl/α,β-unsaturated/α-hetero) is 1. The van der Waals surface area contributed by atoms with E-state index in [2.05, 4.69) is 26.1 Å². The van der Waals surface area contributed by atoms with E-state index in [1.807, 2.05) is 0 Å². The average Bonchev–Trinajstić information content (AvgIpc) is 2.47. The monoisotopic (exact) mass is 265 g/mol. The van der Waals surface area contributed by atoms with Crippen LogP contribution in [0.4, 0.5) is 0 Å². The highest BCUT2D eigenvalue weighted by molar-refractivity contribution is 6.10. The van der Waals surface area contributed by atoms with Crippen molar-refractivity contribution >= 4 is 11.7 Å². The Bertz CT molecular complexity index is 369. The lowest BCUT2D eigenvalue weighted by atomic mass is 9.83. The highest BCUT2D eigenvalue weighted by Gasteiger charge is 2.46. The van der Waals surface area contributed by atoms with Crippen molar-refractivity contribution < 1.29 is 9.59 Å². The summed E-state index contributed by atoms with van der Waals surface area (Å²) in [6, 6.07) is 0. The van der Waals surface area contributed by atoms with E-state index in [9.17, 15) is 9.59 Å². The van der Waals surface area contributed by atoms with Crippen molar-refractivity contribution in [3.05, 3.63) is 0 Å². The summed E-state index contributed by atoms with van der Waals surface area (Å²) in [7, 11) is 0. The van der Waals surface area contributed by atoms with Gasteiger partial charge in [-0.15, -0.1) is 0 Å². The summed E-state index contributed by atoms with van der Waals surface area (Å²) >= 11 is 0. The van der Waals surface area contributed by atoms with Crippen LogP contribution in [0.3, 0.4) is 0 Å². The summed E-state index contributed by atoms with van der Waals surface area (Å²) in [5.74, 6) is 0.788. The van der Waals surface area contributed by atoms with Gasteiger partial charge >= 0.3 is 0 Å². The van der Waals surface area contributed by atoms with E-state index in [1.54, 1.807) is 0 Å². The molecule has 1 amide bonds. The Kier molecular flexibility index (Phi) is 4.03. The van der Waals surface area contributed by atoms with Gasteiger partial charge in [0, 0.05) is 0 Å². The number of hydrogen-bond donors (Lipinski definition) is 1. The van der Waals surface area contributed by atoms with Gasteiger partial charge in [0.25, 0.3) is 0 Å². The topological polar surface area (TPSA) is 46.2 Å². The second-order valence-corrected chi connectivity index (χ2v) is 7.63. The zero-order chi connectivity index (χ0) is 14.1. The van der Waals surface area contributed by atoms with Gasteiger partial charge in [-0.2, -0.15) is 0 Å². The summed E-state index contributed by atoms with van der Waals surface area (Å²) in [5, 5.41) is 2.96. The molecule has 108 valence electrons. The molecule has 0 aromatic rings. The number of carbonyl (C=O) groups is 2. The first-order valence-electron chi connectivity index (χ1n) is 7.65. The van der Waals surface area contributed by atoms with Crippen LogP contribution in [0.15, 0.2) is 0 Å². The zero-order valence-corrected chi connectivity index (χ0v) is 12.6. The summed E-state index contributed by atoms with van der Waals surface area (Å²) in [4.78, 5) is 23.5. The Morgan fingerprint density at radius 1 is 1.21 bits per heavy atom. The smallest absolute Gasteiger partial charge is 0.228 e. The summed E-state index contributed by atoms with van der Waals surface area (Å²) in [6.45, 7) is 6.85. The van der Waals surface area contributed by atoms with Crippen molar-refractivity contribution in [1.82, 2.24) is 5.32 Å². The Morgan fingerprint density at radius 3 is 2.53 bits per heavy atom. The molecule has 2 aliphatic rings.